The van der Waals surface area contributed by atoms with E-state index in [0.29, 0.717) is 25.0 Å². The number of hydrogen-bond acceptors (Lipinski definition) is 6. The first-order valence-electron chi connectivity index (χ1n) is 16.4. The second-order valence-corrected chi connectivity index (χ2v) is 13.8. The maximum absolute atomic E-state index is 13.9. The Bertz CT molecular complexity index is 1490. The summed E-state index contributed by atoms with van der Waals surface area (Å²) < 4.78 is 40.6. The van der Waals surface area contributed by atoms with E-state index < -0.39 is 9.84 Å². The van der Waals surface area contributed by atoms with Crippen molar-refractivity contribution in [1.29, 1.82) is 0 Å². The zero-order chi connectivity index (χ0) is 32.1. The number of unbranched alkanes of at least 4 members (excludes halogenated alkanes) is 9. The topological polar surface area (TPSA) is 87.5 Å². The number of aromatic nitrogens is 2. The molecule has 2 aromatic carbocycles. The molecule has 0 saturated carbocycles. The molecule has 0 saturated heterocycles. The minimum Gasteiger partial charge on any atom is -0.497 e. The molecule has 3 aromatic rings. The highest BCUT2D eigenvalue weighted by atomic mass is 32.2. The van der Waals surface area contributed by atoms with Crippen molar-refractivity contribution < 1.29 is 17.9 Å². The average molecular weight is 625 g/mol. The average Bonchev–Trinajstić information content (AvgIpc) is 3.02. The molecule has 0 aliphatic carbocycles. The molecule has 0 aliphatic heterocycles. The Morgan fingerprint density at radius 1 is 0.795 bits per heavy atom. The molecule has 7 nitrogen and oxygen atoms in total. The van der Waals surface area contributed by atoms with E-state index in [1.54, 1.807) is 7.11 Å². The van der Waals surface area contributed by atoms with Gasteiger partial charge >= 0.3 is 0 Å². The molecule has 0 N–H and O–H groups in total. The summed E-state index contributed by atoms with van der Waals surface area (Å²) >= 11 is 0. The van der Waals surface area contributed by atoms with Gasteiger partial charge in [0.05, 0.1) is 18.4 Å². The predicted molar refractivity (Wildman–Crippen MR) is 180 cm³/mol. The van der Waals surface area contributed by atoms with Gasteiger partial charge in [-0.15, -0.1) is 0 Å². The fourth-order valence-electron chi connectivity index (χ4n) is 5.72. The quantitative estimate of drug-likeness (QED) is 0.125. The molecule has 3 rings (SSSR count). The molecule has 0 aliphatic rings. The molecule has 0 radical (unpaired) electrons. The van der Waals surface area contributed by atoms with Crippen molar-refractivity contribution in [3.05, 3.63) is 69.0 Å². The van der Waals surface area contributed by atoms with E-state index >= 15 is 0 Å². The van der Waals surface area contributed by atoms with Crippen LogP contribution in [0.2, 0.25) is 0 Å². The molecule has 242 valence electrons. The van der Waals surface area contributed by atoms with Crippen LogP contribution < -0.4 is 15.0 Å². The third kappa shape index (κ3) is 9.43. The monoisotopic (exact) mass is 624 g/mol. The number of benzene rings is 2. The molecule has 0 amide bonds. The lowest BCUT2D eigenvalue weighted by molar-refractivity contribution is 0.292. The number of nitrogens with zero attached hydrogens (tertiary/aromatic N) is 2. The normalized spacial score (nSPS) is 11.6. The Morgan fingerprint density at radius 3 is 1.86 bits per heavy atom. The van der Waals surface area contributed by atoms with Crippen LogP contribution in [0.3, 0.4) is 0 Å². The van der Waals surface area contributed by atoms with Crippen molar-refractivity contribution in [3.8, 4) is 22.6 Å². The molecule has 0 spiro atoms. The van der Waals surface area contributed by atoms with Crippen LogP contribution in [0.15, 0.2) is 46.2 Å². The summed E-state index contributed by atoms with van der Waals surface area (Å²) in [5, 5.41) is 4.17. The van der Waals surface area contributed by atoms with Crippen molar-refractivity contribution in [1.82, 2.24) is 9.78 Å². The molecule has 0 unspecified atom stereocenters. The molecule has 0 fully saturated rings. The Kier molecular flexibility index (Phi) is 14.0. The third-order valence-electron chi connectivity index (χ3n) is 8.23. The molecule has 8 heteroatoms. The summed E-state index contributed by atoms with van der Waals surface area (Å²) in [4.78, 5) is 13.8. The molecule has 0 bridgehead atoms. The molecule has 44 heavy (non-hydrogen) atoms. The number of methoxy groups -OCH3 is 1. The van der Waals surface area contributed by atoms with Gasteiger partial charge in [0.15, 0.2) is 5.75 Å². The first kappa shape index (κ1) is 35.4. The van der Waals surface area contributed by atoms with E-state index in [1.165, 1.54) is 45.6 Å². The number of sulfone groups is 1. The molecular weight excluding hydrogens is 572 g/mol. The van der Waals surface area contributed by atoms with Crippen LogP contribution in [0.25, 0.3) is 11.1 Å². The summed E-state index contributed by atoms with van der Waals surface area (Å²) in [7, 11) is -0.724. The van der Waals surface area contributed by atoms with E-state index in [9.17, 15) is 13.2 Å². The smallest absolute Gasteiger partial charge is 0.278 e. The highest BCUT2D eigenvalue weighted by Gasteiger charge is 2.30. The second kappa shape index (κ2) is 17.4. The van der Waals surface area contributed by atoms with Crippen molar-refractivity contribution in [2.24, 2.45) is 7.05 Å². The Hall–Kier alpha value is -3.13. The van der Waals surface area contributed by atoms with Crippen LogP contribution in [0, 0.1) is 6.92 Å². The fraction of sp³-hybridized carbons (Fsp3) is 0.556. The number of rotatable bonds is 19. The maximum atomic E-state index is 13.9. The number of hydrogen-bond donors (Lipinski definition) is 0. The lowest BCUT2D eigenvalue weighted by Crippen LogP contribution is -2.27. The van der Waals surface area contributed by atoms with Crippen LogP contribution in [-0.2, 0) is 36.3 Å². The third-order valence-corrected chi connectivity index (χ3v) is 9.91. The minimum absolute atomic E-state index is 0.0395. The Balaban J connectivity index is 1.97. The predicted octanol–water partition coefficient (Wildman–Crippen LogP) is 8.16. The van der Waals surface area contributed by atoms with E-state index in [2.05, 4.69) is 24.2 Å². The maximum Gasteiger partial charge on any atom is 0.278 e. The van der Waals surface area contributed by atoms with Gasteiger partial charge in [-0.25, -0.2) is 13.1 Å². The van der Waals surface area contributed by atoms with Crippen molar-refractivity contribution in [3.63, 3.8) is 0 Å². The van der Waals surface area contributed by atoms with Gasteiger partial charge in [-0.1, -0.05) is 108 Å². The summed E-state index contributed by atoms with van der Waals surface area (Å²) in [6, 6.07) is 11.5. The summed E-state index contributed by atoms with van der Waals surface area (Å²) in [6.07, 6.45) is 12.5. The number of ether oxygens (including phenoxy) is 2. The van der Waals surface area contributed by atoms with Gasteiger partial charge in [-0.2, -0.15) is 5.10 Å². The zero-order valence-corrected chi connectivity index (χ0v) is 28.5. The van der Waals surface area contributed by atoms with Gasteiger partial charge in [-0.05, 0) is 60.6 Å². The summed E-state index contributed by atoms with van der Waals surface area (Å²) in [5.41, 5.74) is 4.54. The van der Waals surface area contributed by atoms with Crippen molar-refractivity contribution in [2.45, 2.75) is 116 Å². The molecule has 1 heterocycles. The Labute approximate surface area is 264 Å². The molecular formula is C36H52N2O5S. The molecule has 0 atom stereocenters. The standard InChI is InChI=1S/C36H52N2O5S/c1-7-10-11-12-13-14-15-16-17-18-23-44(40,41)35-34(43-26-28-19-21-31(42-6)22-20-28)33(36(39)38(5)37-35)32-29(8-2)24-27(4)25-30(32)9-3/h19-22,24-25H,7-18,23,26H2,1-6H3. The van der Waals surface area contributed by atoms with E-state index in [-0.39, 0.29) is 34.3 Å². The van der Waals surface area contributed by atoms with E-state index in [0.717, 1.165) is 51.8 Å². The van der Waals surface area contributed by atoms with Crippen LogP contribution in [0.5, 0.6) is 11.5 Å². The van der Waals surface area contributed by atoms with Gasteiger partial charge in [0.1, 0.15) is 12.4 Å². The van der Waals surface area contributed by atoms with Crippen molar-refractivity contribution >= 4 is 9.84 Å². The van der Waals surface area contributed by atoms with Crippen LogP contribution in [-0.4, -0.2) is 31.1 Å². The van der Waals surface area contributed by atoms with Gasteiger partial charge < -0.3 is 9.47 Å². The number of aryl methyl sites for hydroxylation is 4. The van der Waals surface area contributed by atoms with Gasteiger partial charge in [-0.3, -0.25) is 4.79 Å². The highest BCUT2D eigenvalue weighted by Crippen LogP contribution is 2.38. The van der Waals surface area contributed by atoms with Gasteiger partial charge in [0.2, 0.25) is 14.9 Å². The van der Waals surface area contributed by atoms with Gasteiger partial charge in [0, 0.05) is 7.05 Å². The largest absolute Gasteiger partial charge is 0.497 e. The zero-order valence-electron chi connectivity index (χ0n) is 27.7. The van der Waals surface area contributed by atoms with Crippen LogP contribution in [0.1, 0.15) is 107 Å². The summed E-state index contributed by atoms with van der Waals surface area (Å²) in [6.45, 7) is 8.44. The van der Waals surface area contributed by atoms with Gasteiger partial charge in [0.25, 0.3) is 5.56 Å². The van der Waals surface area contributed by atoms with E-state index in [1.807, 2.05) is 45.0 Å². The van der Waals surface area contributed by atoms with Crippen LogP contribution >= 0.6 is 0 Å². The Morgan fingerprint density at radius 2 is 1.34 bits per heavy atom. The summed E-state index contributed by atoms with van der Waals surface area (Å²) in [5.74, 6) is 0.718. The first-order chi connectivity index (χ1) is 21.2. The fourth-order valence-corrected chi connectivity index (χ4v) is 7.19. The van der Waals surface area contributed by atoms with E-state index in [4.69, 9.17) is 9.47 Å². The second-order valence-electron chi connectivity index (χ2n) is 11.7. The first-order valence-corrected chi connectivity index (χ1v) is 18.0. The van der Waals surface area contributed by atoms with Crippen LogP contribution in [0.4, 0.5) is 0 Å². The minimum atomic E-state index is -3.85. The van der Waals surface area contributed by atoms with Crippen molar-refractivity contribution in [2.75, 3.05) is 12.9 Å². The molecule has 1 aromatic heterocycles. The highest BCUT2D eigenvalue weighted by molar-refractivity contribution is 7.91. The lowest BCUT2D eigenvalue weighted by atomic mass is 9.90. The SMILES string of the molecule is CCCCCCCCCCCCS(=O)(=O)c1nn(C)c(=O)c(-c2c(CC)cc(C)cc2CC)c1OCc1ccc(OC)cc1. The lowest BCUT2D eigenvalue weighted by Gasteiger charge is -2.20.